The SMILES string of the molecule is CC1(CNC(=O)C2CCCCCC2)C2CNC[C@@H]21. The van der Waals surface area contributed by atoms with Crippen molar-refractivity contribution >= 4 is 5.91 Å². The summed E-state index contributed by atoms with van der Waals surface area (Å²) in [4.78, 5) is 12.2. The third-order valence-electron chi connectivity index (χ3n) is 5.67. The predicted octanol–water partition coefficient (Wildman–Crippen LogP) is 1.93. The largest absolute Gasteiger partial charge is 0.355 e. The molecule has 3 rings (SSSR count). The Kier molecular flexibility index (Phi) is 3.35. The topological polar surface area (TPSA) is 41.1 Å². The summed E-state index contributed by atoms with van der Waals surface area (Å²) >= 11 is 0. The van der Waals surface area contributed by atoms with Crippen molar-refractivity contribution in [3.8, 4) is 0 Å². The molecule has 102 valence electrons. The summed E-state index contributed by atoms with van der Waals surface area (Å²) in [6.45, 7) is 5.55. The van der Waals surface area contributed by atoms with Gasteiger partial charge < -0.3 is 10.6 Å². The molecule has 3 fully saturated rings. The minimum absolute atomic E-state index is 0.299. The van der Waals surface area contributed by atoms with Crippen molar-refractivity contribution in [1.82, 2.24) is 10.6 Å². The summed E-state index contributed by atoms with van der Waals surface area (Å²) < 4.78 is 0. The summed E-state index contributed by atoms with van der Waals surface area (Å²) in [5, 5.41) is 6.67. The normalized spacial score (nSPS) is 40.1. The van der Waals surface area contributed by atoms with Gasteiger partial charge >= 0.3 is 0 Å². The Morgan fingerprint density at radius 2 is 1.78 bits per heavy atom. The van der Waals surface area contributed by atoms with Gasteiger partial charge in [-0.2, -0.15) is 0 Å². The highest BCUT2D eigenvalue weighted by atomic mass is 16.1. The number of carbonyl (C=O) groups excluding carboxylic acids is 1. The van der Waals surface area contributed by atoms with Crippen molar-refractivity contribution in [3.63, 3.8) is 0 Å². The van der Waals surface area contributed by atoms with E-state index in [9.17, 15) is 4.79 Å². The molecule has 0 aromatic heterocycles. The highest BCUT2D eigenvalue weighted by Gasteiger charge is 2.62. The number of fused-ring (bicyclic) bond motifs is 1. The molecule has 2 N–H and O–H groups in total. The predicted molar refractivity (Wildman–Crippen MR) is 72.2 cm³/mol. The van der Waals surface area contributed by atoms with Crippen LogP contribution in [0.2, 0.25) is 0 Å². The van der Waals surface area contributed by atoms with E-state index >= 15 is 0 Å². The van der Waals surface area contributed by atoms with E-state index in [1.165, 1.54) is 25.7 Å². The van der Waals surface area contributed by atoms with Crippen LogP contribution in [-0.4, -0.2) is 25.5 Å². The molecule has 1 amide bonds. The van der Waals surface area contributed by atoms with E-state index in [1.807, 2.05) is 0 Å². The lowest BCUT2D eigenvalue weighted by Gasteiger charge is -2.19. The molecule has 1 aliphatic heterocycles. The van der Waals surface area contributed by atoms with E-state index in [0.717, 1.165) is 44.3 Å². The van der Waals surface area contributed by atoms with Gasteiger partial charge in [-0.05, 0) is 43.2 Å². The first kappa shape index (κ1) is 12.5. The van der Waals surface area contributed by atoms with E-state index in [0.29, 0.717) is 17.2 Å². The van der Waals surface area contributed by atoms with Crippen LogP contribution in [0.4, 0.5) is 0 Å². The van der Waals surface area contributed by atoms with Crippen molar-refractivity contribution in [2.45, 2.75) is 45.4 Å². The number of amides is 1. The molecule has 1 saturated heterocycles. The first-order valence-electron chi connectivity index (χ1n) is 7.70. The van der Waals surface area contributed by atoms with Gasteiger partial charge in [0.2, 0.25) is 5.91 Å². The number of carbonyl (C=O) groups is 1. The van der Waals surface area contributed by atoms with E-state index < -0.39 is 0 Å². The van der Waals surface area contributed by atoms with Crippen molar-refractivity contribution < 1.29 is 4.79 Å². The second kappa shape index (κ2) is 4.84. The Morgan fingerprint density at radius 1 is 1.17 bits per heavy atom. The van der Waals surface area contributed by atoms with Gasteiger partial charge in [0.15, 0.2) is 0 Å². The van der Waals surface area contributed by atoms with Crippen LogP contribution in [0.15, 0.2) is 0 Å². The lowest BCUT2D eigenvalue weighted by atomic mass is 9.98. The summed E-state index contributed by atoms with van der Waals surface area (Å²) in [6.07, 6.45) is 7.33. The van der Waals surface area contributed by atoms with E-state index in [4.69, 9.17) is 0 Å². The van der Waals surface area contributed by atoms with E-state index in [2.05, 4.69) is 17.6 Å². The number of piperidine rings is 1. The summed E-state index contributed by atoms with van der Waals surface area (Å²) in [5.74, 6) is 2.25. The van der Waals surface area contributed by atoms with Crippen LogP contribution in [0.1, 0.15) is 45.4 Å². The van der Waals surface area contributed by atoms with Crippen LogP contribution in [0, 0.1) is 23.2 Å². The van der Waals surface area contributed by atoms with Crippen LogP contribution < -0.4 is 10.6 Å². The van der Waals surface area contributed by atoms with Crippen LogP contribution in [0.3, 0.4) is 0 Å². The molecular weight excluding hydrogens is 224 g/mol. The van der Waals surface area contributed by atoms with Gasteiger partial charge in [0.25, 0.3) is 0 Å². The van der Waals surface area contributed by atoms with E-state index in [1.54, 1.807) is 0 Å². The third kappa shape index (κ3) is 2.18. The molecule has 3 aliphatic rings. The molecular formula is C15H26N2O. The first-order valence-corrected chi connectivity index (χ1v) is 7.70. The summed E-state index contributed by atoms with van der Waals surface area (Å²) in [5.41, 5.74) is 0.394. The molecule has 0 aromatic carbocycles. The highest BCUT2D eigenvalue weighted by Crippen LogP contribution is 2.59. The second-order valence-corrected chi connectivity index (χ2v) is 6.78. The van der Waals surface area contributed by atoms with Crippen LogP contribution in [-0.2, 0) is 4.79 Å². The standard InChI is InChI=1S/C15H26N2O/c1-15(12-8-16-9-13(12)15)10-17-14(18)11-6-4-2-3-5-7-11/h11-13,16H,2-10H2,1H3,(H,17,18)/t12-,13?,15?/m0/s1. The maximum absolute atomic E-state index is 12.2. The molecule has 2 unspecified atom stereocenters. The fourth-order valence-electron chi connectivity index (χ4n) is 4.13. The van der Waals surface area contributed by atoms with Crippen molar-refractivity contribution in [2.24, 2.45) is 23.2 Å². The van der Waals surface area contributed by atoms with Gasteiger partial charge in [0.05, 0.1) is 0 Å². The molecule has 0 bridgehead atoms. The fourth-order valence-corrected chi connectivity index (χ4v) is 4.13. The van der Waals surface area contributed by atoms with Crippen molar-refractivity contribution in [2.75, 3.05) is 19.6 Å². The Labute approximate surface area is 110 Å². The van der Waals surface area contributed by atoms with Gasteiger partial charge in [-0.15, -0.1) is 0 Å². The zero-order chi connectivity index (χ0) is 12.6. The third-order valence-corrected chi connectivity index (χ3v) is 5.67. The number of hydrogen-bond acceptors (Lipinski definition) is 2. The number of hydrogen-bond donors (Lipinski definition) is 2. The molecule has 0 spiro atoms. The lowest BCUT2D eigenvalue weighted by molar-refractivity contribution is -0.125. The smallest absolute Gasteiger partial charge is 0.223 e. The van der Waals surface area contributed by atoms with Gasteiger partial charge in [-0.1, -0.05) is 32.6 Å². The first-order chi connectivity index (χ1) is 8.72. The molecule has 1 heterocycles. The second-order valence-electron chi connectivity index (χ2n) is 6.78. The Balaban J connectivity index is 1.46. The van der Waals surface area contributed by atoms with Gasteiger partial charge in [0.1, 0.15) is 0 Å². The quantitative estimate of drug-likeness (QED) is 0.752. The molecule has 2 aliphatic carbocycles. The minimum Gasteiger partial charge on any atom is -0.355 e. The van der Waals surface area contributed by atoms with Crippen molar-refractivity contribution in [3.05, 3.63) is 0 Å². The van der Waals surface area contributed by atoms with Crippen molar-refractivity contribution in [1.29, 1.82) is 0 Å². The van der Waals surface area contributed by atoms with Crippen LogP contribution in [0.25, 0.3) is 0 Å². The molecule has 3 heteroatoms. The molecule has 2 saturated carbocycles. The average molecular weight is 250 g/mol. The van der Waals surface area contributed by atoms with Crippen LogP contribution in [0.5, 0.6) is 0 Å². The monoisotopic (exact) mass is 250 g/mol. The van der Waals surface area contributed by atoms with Crippen LogP contribution >= 0.6 is 0 Å². The molecule has 3 atom stereocenters. The molecule has 3 nitrogen and oxygen atoms in total. The Morgan fingerprint density at radius 3 is 2.39 bits per heavy atom. The summed E-state index contributed by atoms with van der Waals surface area (Å²) in [7, 11) is 0. The maximum atomic E-state index is 12.2. The van der Waals surface area contributed by atoms with Gasteiger partial charge in [-0.25, -0.2) is 0 Å². The molecule has 0 aromatic rings. The average Bonchev–Trinajstić information content (AvgIpc) is 2.73. The molecule has 0 radical (unpaired) electrons. The number of nitrogens with one attached hydrogen (secondary N) is 2. The van der Waals surface area contributed by atoms with Gasteiger partial charge in [0, 0.05) is 12.5 Å². The Bertz CT molecular complexity index is 310. The highest BCUT2D eigenvalue weighted by molar-refractivity contribution is 5.78. The number of rotatable bonds is 3. The molecule has 18 heavy (non-hydrogen) atoms. The zero-order valence-electron chi connectivity index (χ0n) is 11.5. The van der Waals surface area contributed by atoms with E-state index in [-0.39, 0.29) is 0 Å². The summed E-state index contributed by atoms with van der Waals surface area (Å²) in [6, 6.07) is 0. The zero-order valence-corrected chi connectivity index (χ0v) is 11.5. The fraction of sp³-hybridized carbons (Fsp3) is 0.933. The minimum atomic E-state index is 0.299. The van der Waals surface area contributed by atoms with Gasteiger partial charge in [-0.3, -0.25) is 4.79 Å². The maximum Gasteiger partial charge on any atom is 0.223 e. The Hall–Kier alpha value is -0.570. The lowest BCUT2D eigenvalue weighted by Crippen LogP contribution is -2.37.